The van der Waals surface area contributed by atoms with E-state index in [1.165, 1.54) is 0 Å². The van der Waals surface area contributed by atoms with Gasteiger partial charge in [0, 0.05) is 6.54 Å². The first kappa shape index (κ1) is 16.7. The SMILES string of the molecule is O=C(NCc1ccccc1)C(CO)C(=O)OCc1ccccc1. The third-order valence-electron chi connectivity index (χ3n) is 3.32. The molecule has 0 aliphatic rings. The van der Waals surface area contributed by atoms with Crippen LogP contribution in [-0.2, 0) is 27.5 Å². The lowest BCUT2D eigenvalue weighted by Crippen LogP contribution is -2.38. The summed E-state index contributed by atoms with van der Waals surface area (Å²) in [5.74, 6) is -2.50. The van der Waals surface area contributed by atoms with E-state index >= 15 is 0 Å². The van der Waals surface area contributed by atoms with Crippen LogP contribution in [0.1, 0.15) is 11.1 Å². The first-order chi connectivity index (χ1) is 11.2. The average Bonchev–Trinajstić information content (AvgIpc) is 2.60. The van der Waals surface area contributed by atoms with E-state index < -0.39 is 24.4 Å². The maximum Gasteiger partial charge on any atom is 0.321 e. The van der Waals surface area contributed by atoms with E-state index in [1.807, 2.05) is 60.7 Å². The number of aliphatic hydroxyl groups is 1. The monoisotopic (exact) mass is 313 g/mol. The fraction of sp³-hybridized carbons (Fsp3) is 0.222. The number of rotatable bonds is 7. The van der Waals surface area contributed by atoms with E-state index in [0.29, 0.717) is 6.54 Å². The Morgan fingerprint density at radius 2 is 1.52 bits per heavy atom. The molecule has 5 heteroatoms. The largest absolute Gasteiger partial charge is 0.460 e. The molecule has 5 nitrogen and oxygen atoms in total. The zero-order valence-electron chi connectivity index (χ0n) is 12.6. The minimum Gasteiger partial charge on any atom is -0.460 e. The third-order valence-corrected chi connectivity index (χ3v) is 3.32. The Bertz CT molecular complexity index is 572. The van der Waals surface area contributed by atoms with Gasteiger partial charge in [0.1, 0.15) is 6.61 Å². The van der Waals surface area contributed by atoms with Gasteiger partial charge >= 0.3 is 5.97 Å². The molecule has 2 aromatic rings. The summed E-state index contributed by atoms with van der Waals surface area (Å²) >= 11 is 0. The highest BCUT2D eigenvalue weighted by molar-refractivity contribution is 5.97. The Morgan fingerprint density at radius 1 is 0.957 bits per heavy atom. The predicted molar refractivity (Wildman–Crippen MR) is 85.1 cm³/mol. The van der Waals surface area contributed by atoms with Gasteiger partial charge in [-0.15, -0.1) is 0 Å². The Morgan fingerprint density at radius 3 is 2.09 bits per heavy atom. The summed E-state index contributed by atoms with van der Waals surface area (Å²) in [7, 11) is 0. The van der Waals surface area contributed by atoms with Crippen LogP contribution < -0.4 is 5.32 Å². The molecule has 0 saturated heterocycles. The van der Waals surface area contributed by atoms with Crippen molar-refractivity contribution in [3.05, 3.63) is 71.8 Å². The third kappa shape index (κ3) is 5.23. The molecule has 0 aromatic heterocycles. The summed E-state index contributed by atoms with van der Waals surface area (Å²) in [6, 6.07) is 18.5. The second-order valence-electron chi connectivity index (χ2n) is 5.03. The van der Waals surface area contributed by atoms with Gasteiger partial charge in [0.05, 0.1) is 6.61 Å². The van der Waals surface area contributed by atoms with E-state index in [-0.39, 0.29) is 6.61 Å². The van der Waals surface area contributed by atoms with Crippen LogP contribution in [0.3, 0.4) is 0 Å². The average molecular weight is 313 g/mol. The van der Waals surface area contributed by atoms with E-state index in [1.54, 1.807) is 0 Å². The van der Waals surface area contributed by atoms with Crippen molar-refractivity contribution in [2.75, 3.05) is 6.61 Å². The molecular formula is C18H19NO4. The lowest BCUT2D eigenvalue weighted by atomic mass is 10.1. The number of carbonyl (C=O) groups is 2. The first-order valence-corrected chi connectivity index (χ1v) is 7.33. The Hall–Kier alpha value is -2.66. The quantitative estimate of drug-likeness (QED) is 0.602. The van der Waals surface area contributed by atoms with Gasteiger partial charge in [-0.1, -0.05) is 60.7 Å². The zero-order valence-corrected chi connectivity index (χ0v) is 12.6. The molecule has 2 rings (SSSR count). The lowest BCUT2D eigenvalue weighted by Gasteiger charge is -2.14. The molecule has 120 valence electrons. The van der Waals surface area contributed by atoms with Crippen LogP contribution in [0.5, 0.6) is 0 Å². The van der Waals surface area contributed by atoms with Crippen molar-refractivity contribution in [2.45, 2.75) is 13.2 Å². The molecule has 23 heavy (non-hydrogen) atoms. The van der Waals surface area contributed by atoms with Crippen molar-refractivity contribution in [3.8, 4) is 0 Å². The molecule has 2 aromatic carbocycles. The van der Waals surface area contributed by atoms with Gasteiger partial charge in [0.2, 0.25) is 5.91 Å². The highest BCUT2D eigenvalue weighted by Crippen LogP contribution is 2.06. The molecule has 0 aliphatic heterocycles. The van der Waals surface area contributed by atoms with Crippen LogP contribution in [0.2, 0.25) is 0 Å². The highest BCUT2D eigenvalue weighted by atomic mass is 16.5. The number of hydrogen-bond donors (Lipinski definition) is 2. The molecule has 1 unspecified atom stereocenters. The van der Waals surface area contributed by atoms with Gasteiger partial charge in [0.25, 0.3) is 0 Å². The maximum atomic E-state index is 12.0. The fourth-order valence-corrected chi connectivity index (χ4v) is 2.00. The first-order valence-electron chi connectivity index (χ1n) is 7.33. The molecule has 0 spiro atoms. The summed E-state index contributed by atoms with van der Waals surface area (Å²) in [6.45, 7) is -0.224. The second kappa shape index (κ2) is 8.70. The number of benzene rings is 2. The highest BCUT2D eigenvalue weighted by Gasteiger charge is 2.27. The molecule has 0 bridgehead atoms. The molecule has 2 N–H and O–H groups in total. The number of aliphatic hydroxyl groups excluding tert-OH is 1. The van der Waals surface area contributed by atoms with Gasteiger partial charge < -0.3 is 15.2 Å². The summed E-state index contributed by atoms with van der Waals surface area (Å²) < 4.78 is 5.09. The van der Waals surface area contributed by atoms with Gasteiger partial charge in [-0.05, 0) is 11.1 Å². The van der Waals surface area contributed by atoms with Crippen LogP contribution in [0.4, 0.5) is 0 Å². The Kier molecular flexibility index (Phi) is 6.32. The second-order valence-corrected chi connectivity index (χ2v) is 5.03. The van der Waals surface area contributed by atoms with Gasteiger partial charge in [0.15, 0.2) is 5.92 Å². The summed E-state index contributed by atoms with van der Waals surface area (Å²) in [5.41, 5.74) is 1.73. The topological polar surface area (TPSA) is 75.6 Å². The predicted octanol–water partition coefficient (Wildman–Crippen LogP) is 1.65. The minimum absolute atomic E-state index is 0.0716. The standard InChI is InChI=1S/C18H19NO4/c20-12-16(17(21)19-11-14-7-3-1-4-8-14)18(22)23-13-15-9-5-2-6-10-15/h1-10,16,20H,11-13H2,(H,19,21). The van der Waals surface area contributed by atoms with Crippen LogP contribution in [0, 0.1) is 5.92 Å². The molecule has 1 atom stereocenters. The van der Waals surface area contributed by atoms with E-state index in [4.69, 9.17) is 4.74 Å². The Labute approximate surface area is 134 Å². The summed E-state index contributed by atoms with van der Waals surface area (Å²) in [6.07, 6.45) is 0. The molecule has 0 saturated carbocycles. The summed E-state index contributed by atoms with van der Waals surface area (Å²) in [4.78, 5) is 24.0. The summed E-state index contributed by atoms with van der Waals surface area (Å²) in [5, 5.41) is 11.9. The van der Waals surface area contributed by atoms with Gasteiger partial charge in [-0.2, -0.15) is 0 Å². The maximum absolute atomic E-state index is 12.0. The van der Waals surface area contributed by atoms with Crippen LogP contribution >= 0.6 is 0 Å². The number of amides is 1. The van der Waals surface area contributed by atoms with E-state index in [0.717, 1.165) is 11.1 Å². The molecule has 0 aliphatic carbocycles. The van der Waals surface area contributed by atoms with Gasteiger partial charge in [-0.25, -0.2) is 0 Å². The van der Waals surface area contributed by atoms with Crippen molar-refractivity contribution < 1.29 is 19.4 Å². The van der Waals surface area contributed by atoms with Gasteiger partial charge in [-0.3, -0.25) is 9.59 Å². The fourth-order valence-electron chi connectivity index (χ4n) is 2.00. The molecular weight excluding hydrogens is 294 g/mol. The molecule has 0 fully saturated rings. The number of nitrogens with one attached hydrogen (secondary N) is 1. The molecule has 0 heterocycles. The number of carbonyl (C=O) groups excluding carboxylic acids is 2. The number of hydrogen-bond acceptors (Lipinski definition) is 4. The molecule has 1 amide bonds. The zero-order chi connectivity index (χ0) is 16.5. The minimum atomic E-state index is -1.22. The number of ether oxygens (including phenoxy) is 1. The van der Waals surface area contributed by atoms with Crippen molar-refractivity contribution >= 4 is 11.9 Å². The smallest absolute Gasteiger partial charge is 0.321 e. The van der Waals surface area contributed by atoms with Crippen molar-refractivity contribution in [3.63, 3.8) is 0 Å². The van der Waals surface area contributed by atoms with Crippen LogP contribution in [0.25, 0.3) is 0 Å². The Balaban J connectivity index is 1.85. The number of esters is 1. The lowest BCUT2D eigenvalue weighted by molar-refractivity contribution is -0.155. The normalized spacial score (nSPS) is 11.5. The van der Waals surface area contributed by atoms with E-state index in [2.05, 4.69) is 5.32 Å². The van der Waals surface area contributed by atoms with Crippen LogP contribution in [0.15, 0.2) is 60.7 Å². The van der Waals surface area contributed by atoms with Crippen molar-refractivity contribution in [2.24, 2.45) is 5.92 Å². The molecule has 0 radical (unpaired) electrons. The van der Waals surface area contributed by atoms with Crippen LogP contribution in [-0.4, -0.2) is 23.6 Å². The van der Waals surface area contributed by atoms with Crippen molar-refractivity contribution in [1.29, 1.82) is 0 Å². The van der Waals surface area contributed by atoms with E-state index in [9.17, 15) is 14.7 Å². The van der Waals surface area contributed by atoms with Crippen molar-refractivity contribution in [1.82, 2.24) is 5.32 Å².